The number of benzene rings is 2. The second-order valence-electron chi connectivity index (χ2n) is 5.15. The van der Waals surface area contributed by atoms with Gasteiger partial charge in [-0.2, -0.15) is 0 Å². The van der Waals surface area contributed by atoms with Crippen molar-refractivity contribution in [2.75, 3.05) is 4.72 Å². The van der Waals surface area contributed by atoms with Gasteiger partial charge in [-0.25, -0.2) is 0 Å². The highest BCUT2D eigenvalue weighted by molar-refractivity contribution is 7.99. The van der Waals surface area contributed by atoms with Gasteiger partial charge in [-0.1, -0.05) is 75.1 Å². The Hall–Kier alpha value is -2.39. The highest BCUT2D eigenvalue weighted by Crippen LogP contribution is 2.23. The molecule has 132 valence electrons. The van der Waals surface area contributed by atoms with Crippen LogP contribution in [-0.4, -0.2) is 0 Å². The average molecular weight is 354 g/mol. The van der Waals surface area contributed by atoms with Crippen LogP contribution < -0.4 is 9.46 Å². The highest BCUT2D eigenvalue weighted by atomic mass is 32.2. The topological polar surface area (TPSA) is 21.3 Å². The first-order valence-corrected chi connectivity index (χ1v) is 9.34. The van der Waals surface area contributed by atoms with Crippen molar-refractivity contribution in [2.24, 2.45) is 0 Å². The van der Waals surface area contributed by atoms with E-state index in [1.165, 1.54) is 5.56 Å². The first-order chi connectivity index (χ1) is 12.1. The maximum absolute atomic E-state index is 5.70. The monoisotopic (exact) mass is 353 g/mol. The molecule has 0 radical (unpaired) electrons. The van der Waals surface area contributed by atoms with Gasteiger partial charge in [0.25, 0.3) is 0 Å². The zero-order valence-electron chi connectivity index (χ0n) is 15.3. The summed E-state index contributed by atoms with van der Waals surface area (Å²) in [5.41, 5.74) is 3.25. The number of nitrogens with one attached hydrogen (secondary N) is 1. The number of ether oxygens (including phenoxy) is 1. The fourth-order valence-electron chi connectivity index (χ4n) is 1.82. The third-order valence-electron chi connectivity index (χ3n) is 2.91. The Balaban J connectivity index is 0.00000151. The van der Waals surface area contributed by atoms with Crippen molar-refractivity contribution in [2.45, 2.75) is 26.5 Å². The fraction of sp³-hybridized carbons (Fsp3) is 0.182. The summed E-state index contributed by atoms with van der Waals surface area (Å²) in [4.78, 5) is 0. The molecule has 0 aromatic heterocycles. The maximum atomic E-state index is 5.70. The average Bonchev–Trinajstić information content (AvgIpc) is 2.63. The minimum absolute atomic E-state index is 0.585. The van der Waals surface area contributed by atoms with Crippen LogP contribution in [0.2, 0.25) is 0 Å². The molecular weight excluding hydrogens is 326 g/mol. The normalized spacial score (nSPS) is 9.88. The fourth-order valence-corrected chi connectivity index (χ4v) is 2.55. The van der Waals surface area contributed by atoms with Crippen LogP contribution in [0, 0.1) is 0 Å². The Labute approximate surface area is 156 Å². The van der Waals surface area contributed by atoms with Crippen LogP contribution in [0.3, 0.4) is 0 Å². The summed E-state index contributed by atoms with van der Waals surface area (Å²) in [5.74, 6) is 2.24. The standard InChI is InChI=1S/C20H21NOS.C2H6/c1-16(2)12-13-17(3)22-20-11-7-10-19(14-20)21-23-15-18-8-5-4-6-9-18;1-2/h4-14,21H,1,3,15H2,2H3;1-2H3/b13-12-;. The predicted octanol–water partition coefficient (Wildman–Crippen LogP) is 7.00. The molecule has 0 aliphatic carbocycles. The van der Waals surface area contributed by atoms with E-state index in [1.807, 2.05) is 63.3 Å². The Morgan fingerprint density at radius 2 is 1.76 bits per heavy atom. The van der Waals surface area contributed by atoms with Crippen molar-refractivity contribution in [1.29, 1.82) is 0 Å². The predicted molar refractivity (Wildman–Crippen MR) is 113 cm³/mol. The van der Waals surface area contributed by atoms with Crippen molar-refractivity contribution >= 4 is 17.6 Å². The first kappa shape index (κ1) is 20.7. The second-order valence-corrected chi connectivity index (χ2v) is 5.93. The van der Waals surface area contributed by atoms with Gasteiger partial charge >= 0.3 is 0 Å². The highest BCUT2D eigenvalue weighted by Gasteiger charge is 1.99. The molecule has 0 unspecified atom stereocenters. The number of allylic oxidation sites excluding steroid dienone is 3. The number of hydrogen-bond acceptors (Lipinski definition) is 3. The Kier molecular flexibility index (Phi) is 9.95. The molecule has 25 heavy (non-hydrogen) atoms. The molecule has 0 fully saturated rings. The van der Waals surface area contributed by atoms with E-state index in [-0.39, 0.29) is 0 Å². The van der Waals surface area contributed by atoms with E-state index in [1.54, 1.807) is 11.9 Å². The van der Waals surface area contributed by atoms with Crippen molar-refractivity contribution in [1.82, 2.24) is 0 Å². The van der Waals surface area contributed by atoms with E-state index in [2.05, 4.69) is 42.1 Å². The van der Waals surface area contributed by atoms with Crippen LogP contribution >= 0.6 is 11.9 Å². The third-order valence-corrected chi connectivity index (χ3v) is 3.77. The molecule has 0 amide bonds. The van der Waals surface area contributed by atoms with Crippen LogP contribution in [0.25, 0.3) is 0 Å². The molecule has 3 heteroatoms. The molecule has 0 saturated carbocycles. The van der Waals surface area contributed by atoms with Gasteiger partial charge < -0.3 is 9.46 Å². The molecule has 2 aromatic carbocycles. The summed E-state index contributed by atoms with van der Waals surface area (Å²) >= 11 is 1.65. The van der Waals surface area contributed by atoms with E-state index < -0.39 is 0 Å². The number of anilines is 1. The molecule has 0 heterocycles. The van der Waals surface area contributed by atoms with Gasteiger partial charge in [0.2, 0.25) is 0 Å². The van der Waals surface area contributed by atoms with E-state index in [4.69, 9.17) is 4.74 Å². The lowest BCUT2D eigenvalue weighted by molar-refractivity contribution is 0.447. The molecule has 0 aliphatic rings. The Morgan fingerprint density at radius 1 is 1.04 bits per heavy atom. The lowest BCUT2D eigenvalue weighted by Crippen LogP contribution is -1.93. The van der Waals surface area contributed by atoms with E-state index in [0.29, 0.717) is 5.76 Å². The number of hydrogen-bond donors (Lipinski definition) is 1. The summed E-state index contributed by atoms with van der Waals surface area (Å²) < 4.78 is 9.03. The SMILES string of the molecule is C=C(C)/C=C\C(=C)Oc1cccc(NSCc2ccccc2)c1.CC. The van der Waals surface area contributed by atoms with Crippen molar-refractivity contribution < 1.29 is 4.74 Å². The van der Waals surface area contributed by atoms with Gasteiger partial charge in [-0.05, 0) is 42.6 Å². The van der Waals surface area contributed by atoms with Crippen LogP contribution in [0.15, 0.2) is 91.2 Å². The van der Waals surface area contributed by atoms with E-state index >= 15 is 0 Å². The van der Waals surface area contributed by atoms with Crippen molar-refractivity contribution in [3.05, 3.63) is 96.8 Å². The Morgan fingerprint density at radius 3 is 2.44 bits per heavy atom. The van der Waals surface area contributed by atoms with E-state index in [0.717, 1.165) is 22.8 Å². The molecule has 2 nitrogen and oxygen atoms in total. The summed E-state index contributed by atoms with van der Waals surface area (Å²) in [6, 6.07) is 18.2. The smallest absolute Gasteiger partial charge is 0.129 e. The van der Waals surface area contributed by atoms with Gasteiger partial charge in [-0.3, -0.25) is 0 Å². The minimum atomic E-state index is 0.585. The quantitative estimate of drug-likeness (QED) is 0.314. The van der Waals surface area contributed by atoms with E-state index in [9.17, 15) is 0 Å². The minimum Gasteiger partial charge on any atom is -0.458 e. The molecule has 0 atom stereocenters. The molecule has 2 aromatic rings. The molecule has 2 rings (SSSR count). The molecular formula is C22H27NOS. The zero-order valence-corrected chi connectivity index (χ0v) is 16.1. The van der Waals surface area contributed by atoms with Crippen LogP contribution in [0.5, 0.6) is 5.75 Å². The molecule has 0 aliphatic heterocycles. The maximum Gasteiger partial charge on any atom is 0.129 e. The second kappa shape index (κ2) is 12.0. The van der Waals surface area contributed by atoms with Gasteiger partial charge in [0.05, 0.1) is 0 Å². The Bertz CT molecular complexity index is 692. The zero-order chi connectivity index (χ0) is 18.5. The third kappa shape index (κ3) is 8.87. The summed E-state index contributed by atoms with van der Waals surface area (Å²) in [6.07, 6.45) is 3.69. The van der Waals surface area contributed by atoms with Gasteiger partial charge in [0.15, 0.2) is 0 Å². The van der Waals surface area contributed by atoms with Crippen LogP contribution in [0.4, 0.5) is 5.69 Å². The van der Waals surface area contributed by atoms with Crippen LogP contribution in [0.1, 0.15) is 26.3 Å². The molecule has 0 bridgehead atoms. The molecule has 0 spiro atoms. The van der Waals surface area contributed by atoms with Gasteiger partial charge in [0.1, 0.15) is 11.5 Å². The summed E-state index contributed by atoms with van der Waals surface area (Å²) in [5, 5.41) is 0. The van der Waals surface area contributed by atoms with Gasteiger partial charge in [0, 0.05) is 17.5 Å². The molecule has 0 saturated heterocycles. The lowest BCUT2D eigenvalue weighted by atomic mass is 10.2. The first-order valence-electron chi connectivity index (χ1n) is 8.35. The number of rotatable bonds is 8. The summed E-state index contributed by atoms with van der Waals surface area (Å²) in [6.45, 7) is 13.6. The van der Waals surface area contributed by atoms with Crippen LogP contribution in [-0.2, 0) is 5.75 Å². The lowest BCUT2D eigenvalue weighted by Gasteiger charge is -2.09. The van der Waals surface area contributed by atoms with Gasteiger partial charge in [-0.15, -0.1) is 0 Å². The van der Waals surface area contributed by atoms with Crippen molar-refractivity contribution in [3.8, 4) is 5.75 Å². The molecule has 1 N–H and O–H groups in total. The largest absolute Gasteiger partial charge is 0.458 e. The summed E-state index contributed by atoms with van der Waals surface area (Å²) in [7, 11) is 0. The van der Waals surface area contributed by atoms with Crippen molar-refractivity contribution in [3.63, 3.8) is 0 Å².